The van der Waals surface area contributed by atoms with Crippen molar-refractivity contribution in [3.8, 4) is 11.5 Å². The third-order valence-corrected chi connectivity index (χ3v) is 8.23. The number of benzene rings is 4. The normalized spacial score (nSPS) is 18.6. The van der Waals surface area contributed by atoms with E-state index in [9.17, 15) is 9.59 Å². The zero-order valence-corrected chi connectivity index (χ0v) is 24.3. The number of fused-ring (bicyclic) bond motifs is 5. The standard InChI is InChI=1S/C36H32N4O4/c1-36-22-31(29-13-6-14-32(33(29)44-36)43-23-25-8-3-2-4-9-25)39-35(42)40(36)28-12-5-10-27(21-28)34(41)38-19-17-24-15-16-30-26(20-24)11-7-18-37-30/h2-16,18,20-21,31H,17,19,22-23H2,1H3,(H,38,41)(H,39,42). The topological polar surface area (TPSA) is 92.8 Å². The van der Waals surface area contributed by atoms with E-state index >= 15 is 0 Å². The maximum Gasteiger partial charge on any atom is 0.325 e. The number of pyridine rings is 1. The van der Waals surface area contributed by atoms with Crippen LogP contribution in [-0.4, -0.2) is 29.2 Å². The molecule has 2 aliphatic rings. The van der Waals surface area contributed by atoms with E-state index in [2.05, 4.69) is 21.7 Å². The molecule has 2 N–H and O–H groups in total. The van der Waals surface area contributed by atoms with Gasteiger partial charge in [0.05, 0.1) is 17.2 Å². The number of para-hydroxylation sites is 1. The van der Waals surface area contributed by atoms with Crippen LogP contribution in [0.5, 0.6) is 11.5 Å². The first-order valence-electron chi connectivity index (χ1n) is 14.8. The lowest BCUT2D eigenvalue weighted by molar-refractivity contribution is 0.0338. The van der Waals surface area contributed by atoms with E-state index in [0.29, 0.717) is 48.7 Å². The summed E-state index contributed by atoms with van der Waals surface area (Å²) in [5.74, 6) is 1.03. The van der Waals surface area contributed by atoms with Crippen molar-refractivity contribution in [1.29, 1.82) is 0 Å². The van der Waals surface area contributed by atoms with Gasteiger partial charge in [0.2, 0.25) is 0 Å². The molecule has 3 heterocycles. The van der Waals surface area contributed by atoms with Gasteiger partial charge in [-0.15, -0.1) is 0 Å². The van der Waals surface area contributed by atoms with Gasteiger partial charge in [-0.3, -0.25) is 14.7 Å². The Morgan fingerprint density at radius 3 is 2.75 bits per heavy atom. The van der Waals surface area contributed by atoms with Gasteiger partial charge in [0, 0.05) is 35.7 Å². The van der Waals surface area contributed by atoms with E-state index in [-0.39, 0.29) is 18.0 Å². The zero-order valence-electron chi connectivity index (χ0n) is 24.3. The van der Waals surface area contributed by atoms with Crippen molar-refractivity contribution >= 4 is 28.5 Å². The number of carbonyl (C=O) groups excluding carboxylic acids is 2. The number of ether oxygens (including phenoxy) is 2. The molecule has 2 atom stereocenters. The first kappa shape index (κ1) is 27.5. The molecule has 5 aromatic rings. The van der Waals surface area contributed by atoms with Gasteiger partial charge in [-0.2, -0.15) is 0 Å². The first-order valence-corrected chi connectivity index (χ1v) is 14.8. The van der Waals surface area contributed by atoms with Crippen molar-refractivity contribution in [2.75, 3.05) is 11.4 Å². The molecule has 3 amide bonds. The molecule has 2 unspecified atom stereocenters. The molecule has 1 saturated heterocycles. The summed E-state index contributed by atoms with van der Waals surface area (Å²) in [6.07, 6.45) is 3.00. The van der Waals surface area contributed by atoms with Crippen LogP contribution in [0.1, 0.15) is 46.4 Å². The van der Waals surface area contributed by atoms with Crippen molar-refractivity contribution in [2.45, 2.75) is 38.1 Å². The molecule has 8 heteroatoms. The lowest BCUT2D eigenvalue weighted by Crippen LogP contribution is -2.65. The number of hydrogen-bond acceptors (Lipinski definition) is 5. The van der Waals surface area contributed by atoms with Crippen LogP contribution in [0, 0.1) is 0 Å². The molecule has 4 aromatic carbocycles. The van der Waals surface area contributed by atoms with Gasteiger partial charge in [-0.05, 0) is 66.9 Å². The predicted octanol–water partition coefficient (Wildman–Crippen LogP) is 6.56. The van der Waals surface area contributed by atoms with E-state index in [1.54, 1.807) is 29.3 Å². The monoisotopic (exact) mass is 584 g/mol. The van der Waals surface area contributed by atoms with E-state index in [1.807, 2.05) is 85.8 Å². The summed E-state index contributed by atoms with van der Waals surface area (Å²) in [7, 11) is 0. The Hall–Kier alpha value is -5.37. The fourth-order valence-corrected chi connectivity index (χ4v) is 6.09. The fraction of sp³-hybridized carbons (Fsp3) is 0.194. The third kappa shape index (κ3) is 5.30. The van der Waals surface area contributed by atoms with Gasteiger partial charge >= 0.3 is 6.03 Å². The molecule has 220 valence electrons. The van der Waals surface area contributed by atoms with E-state index < -0.39 is 5.72 Å². The Morgan fingerprint density at radius 1 is 1.00 bits per heavy atom. The highest BCUT2D eigenvalue weighted by atomic mass is 16.5. The van der Waals surface area contributed by atoms with Crippen LogP contribution < -0.4 is 25.0 Å². The predicted molar refractivity (Wildman–Crippen MR) is 169 cm³/mol. The second-order valence-electron chi connectivity index (χ2n) is 11.4. The van der Waals surface area contributed by atoms with Crippen LogP contribution >= 0.6 is 0 Å². The highest BCUT2D eigenvalue weighted by Gasteiger charge is 2.50. The number of hydrogen-bond donors (Lipinski definition) is 2. The zero-order chi connectivity index (χ0) is 30.1. The van der Waals surface area contributed by atoms with Crippen LogP contribution in [0.2, 0.25) is 0 Å². The number of carbonyl (C=O) groups is 2. The molecule has 0 spiro atoms. The molecule has 7 rings (SSSR count). The van der Waals surface area contributed by atoms with Crippen LogP contribution in [0.15, 0.2) is 109 Å². The summed E-state index contributed by atoms with van der Waals surface area (Å²) >= 11 is 0. The smallest absolute Gasteiger partial charge is 0.325 e. The lowest BCUT2D eigenvalue weighted by atomic mass is 9.89. The van der Waals surface area contributed by atoms with Crippen LogP contribution in [-0.2, 0) is 13.0 Å². The van der Waals surface area contributed by atoms with Crippen LogP contribution in [0.25, 0.3) is 10.9 Å². The van der Waals surface area contributed by atoms with Crippen molar-refractivity contribution < 1.29 is 19.1 Å². The summed E-state index contributed by atoms with van der Waals surface area (Å²) in [6.45, 7) is 2.78. The summed E-state index contributed by atoms with van der Waals surface area (Å²) < 4.78 is 12.8. The minimum absolute atomic E-state index is 0.207. The average Bonchev–Trinajstić information content (AvgIpc) is 3.04. The van der Waals surface area contributed by atoms with E-state index in [4.69, 9.17) is 9.47 Å². The maximum absolute atomic E-state index is 13.5. The Morgan fingerprint density at radius 2 is 1.86 bits per heavy atom. The van der Waals surface area contributed by atoms with Gasteiger partial charge in [0.1, 0.15) is 6.61 Å². The van der Waals surface area contributed by atoms with Gasteiger partial charge in [-0.25, -0.2) is 4.79 Å². The van der Waals surface area contributed by atoms with Crippen molar-refractivity contribution in [1.82, 2.24) is 15.6 Å². The number of aromatic nitrogens is 1. The van der Waals surface area contributed by atoms with E-state index in [1.165, 1.54) is 0 Å². The summed E-state index contributed by atoms with van der Waals surface area (Å²) in [6, 6.07) is 32.4. The molecule has 1 aromatic heterocycles. The van der Waals surface area contributed by atoms with Gasteiger partial charge in [0.25, 0.3) is 5.91 Å². The van der Waals surface area contributed by atoms with Crippen molar-refractivity contribution in [2.24, 2.45) is 0 Å². The quantitative estimate of drug-likeness (QED) is 0.216. The maximum atomic E-state index is 13.5. The molecule has 0 radical (unpaired) electrons. The summed E-state index contributed by atoms with van der Waals surface area (Å²) in [5, 5.41) is 7.23. The fourth-order valence-electron chi connectivity index (χ4n) is 6.09. The Labute approximate surface area is 255 Å². The number of nitrogens with one attached hydrogen (secondary N) is 2. The molecule has 1 fully saturated rings. The molecule has 44 heavy (non-hydrogen) atoms. The highest BCUT2D eigenvalue weighted by molar-refractivity contribution is 5.99. The van der Waals surface area contributed by atoms with Gasteiger partial charge in [0.15, 0.2) is 17.2 Å². The molecule has 8 nitrogen and oxygen atoms in total. The Balaban J connectivity index is 1.07. The largest absolute Gasteiger partial charge is 0.485 e. The molecule has 2 aliphatic heterocycles. The minimum atomic E-state index is -0.994. The Kier molecular flexibility index (Phi) is 7.10. The second-order valence-corrected chi connectivity index (χ2v) is 11.4. The molecule has 0 saturated carbocycles. The number of anilines is 1. The summed E-state index contributed by atoms with van der Waals surface area (Å²) in [5.41, 5.74) is 4.04. The van der Waals surface area contributed by atoms with Crippen LogP contribution in [0.4, 0.5) is 10.5 Å². The molecular weight excluding hydrogens is 552 g/mol. The highest BCUT2D eigenvalue weighted by Crippen LogP contribution is 2.49. The molecule has 0 aliphatic carbocycles. The van der Waals surface area contributed by atoms with Crippen LogP contribution in [0.3, 0.4) is 0 Å². The average molecular weight is 585 g/mol. The minimum Gasteiger partial charge on any atom is -0.485 e. The van der Waals surface area contributed by atoms with Crippen molar-refractivity contribution in [3.63, 3.8) is 0 Å². The number of rotatable bonds is 8. The molecular formula is C36H32N4O4. The van der Waals surface area contributed by atoms with E-state index in [0.717, 1.165) is 27.6 Å². The molecule has 2 bridgehead atoms. The number of amides is 3. The van der Waals surface area contributed by atoms with Crippen molar-refractivity contribution in [3.05, 3.63) is 132 Å². The Bertz CT molecular complexity index is 1860. The van der Waals surface area contributed by atoms with Gasteiger partial charge in [-0.1, -0.05) is 60.7 Å². The van der Waals surface area contributed by atoms with Gasteiger partial charge < -0.3 is 20.1 Å². The first-order chi connectivity index (χ1) is 21.5. The number of nitrogens with zero attached hydrogens (tertiary/aromatic N) is 2. The summed E-state index contributed by atoms with van der Waals surface area (Å²) in [4.78, 5) is 32.6. The second kappa shape index (κ2) is 11.4. The SMILES string of the molecule is CC12CC(NC(=O)N1c1cccc(C(=O)NCCc3ccc4ncccc4c3)c1)c1cccc(OCc3ccccc3)c1O2. The third-order valence-electron chi connectivity index (χ3n) is 8.23. The lowest BCUT2D eigenvalue weighted by Gasteiger charge is -2.50. The number of urea groups is 1.